The van der Waals surface area contributed by atoms with Crippen LogP contribution in [0, 0.1) is 0 Å². The zero-order valence-corrected chi connectivity index (χ0v) is 16.3. The van der Waals surface area contributed by atoms with Crippen LogP contribution in [-0.2, 0) is 21.2 Å². The maximum Gasteiger partial charge on any atom is 0.243 e. The summed E-state index contributed by atoms with van der Waals surface area (Å²) in [6.45, 7) is 3.24. The van der Waals surface area contributed by atoms with Gasteiger partial charge in [0, 0.05) is 32.2 Å². The summed E-state index contributed by atoms with van der Waals surface area (Å²) in [5.41, 5.74) is 3.06. The van der Waals surface area contributed by atoms with Gasteiger partial charge in [0.2, 0.25) is 15.9 Å². The summed E-state index contributed by atoms with van der Waals surface area (Å²) < 4.78 is 27.8. The first kappa shape index (κ1) is 18.2. The molecule has 4 rings (SSSR count). The molecule has 2 aliphatic heterocycles. The molecule has 1 saturated heterocycles. The van der Waals surface area contributed by atoms with Crippen molar-refractivity contribution in [1.82, 2.24) is 4.31 Å². The van der Waals surface area contributed by atoms with Crippen molar-refractivity contribution in [2.75, 3.05) is 24.5 Å². The largest absolute Gasteiger partial charge is 0.312 e. The van der Waals surface area contributed by atoms with Crippen LogP contribution in [0.4, 0.5) is 5.69 Å². The Morgan fingerprint density at radius 1 is 1.00 bits per heavy atom. The molecule has 0 aromatic heterocycles. The minimum atomic E-state index is -3.50. The Bertz CT molecular complexity index is 949. The number of piperidine rings is 1. The van der Waals surface area contributed by atoms with Crippen LogP contribution in [-0.4, -0.2) is 38.3 Å². The number of benzene rings is 2. The first-order valence-corrected chi connectivity index (χ1v) is 10.9. The zero-order valence-electron chi connectivity index (χ0n) is 15.5. The van der Waals surface area contributed by atoms with Crippen LogP contribution < -0.4 is 4.90 Å². The molecule has 0 bridgehead atoms. The highest BCUT2D eigenvalue weighted by molar-refractivity contribution is 7.89. The molecule has 0 saturated carbocycles. The zero-order chi connectivity index (χ0) is 19.0. The first-order valence-electron chi connectivity index (χ1n) is 9.43. The molecule has 2 aromatic carbocycles. The van der Waals surface area contributed by atoms with E-state index in [1.807, 2.05) is 18.2 Å². The number of rotatable bonds is 3. The molecule has 0 aliphatic carbocycles. The van der Waals surface area contributed by atoms with E-state index in [0.717, 1.165) is 24.1 Å². The third-order valence-corrected chi connectivity index (χ3v) is 7.58. The molecule has 142 valence electrons. The highest BCUT2D eigenvalue weighted by atomic mass is 32.2. The first-order chi connectivity index (χ1) is 13.0. The third kappa shape index (κ3) is 3.39. The van der Waals surface area contributed by atoms with Crippen molar-refractivity contribution in [3.05, 3.63) is 59.7 Å². The molecular weight excluding hydrogens is 360 g/mol. The second-order valence-electron chi connectivity index (χ2n) is 7.30. The molecule has 2 aromatic rings. The van der Waals surface area contributed by atoms with Crippen LogP contribution in [0.25, 0.3) is 0 Å². The van der Waals surface area contributed by atoms with Crippen molar-refractivity contribution < 1.29 is 13.2 Å². The van der Waals surface area contributed by atoms with Gasteiger partial charge in [-0.05, 0) is 54.5 Å². The fraction of sp³-hybridized carbons (Fsp3) is 0.381. The van der Waals surface area contributed by atoms with Crippen LogP contribution in [0.5, 0.6) is 0 Å². The molecule has 5 nitrogen and oxygen atoms in total. The molecule has 1 amide bonds. The summed E-state index contributed by atoms with van der Waals surface area (Å²) in [5.74, 6) is 0.411. The van der Waals surface area contributed by atoms with Gasteiger partial charge in [0.05, 0.1) is 4.90 Å². The minimum absolute atomic E-state index is 0.00709. The van der Waals surface area contributed by atoms with Gasteiger partial charge in [-0.3, -0.25) is 4.79 Å². The summed E-state index contributed by atoms with van der Waals surface area (Å²) in [6, 6.07) is 15.5. The summed E-state index contributed by atoms with van der Waals surface area (Å²) in [4.78, 5) is 13.7. The molecule has 0 N–H and O–H groups in total. The number of carbonyl (C=O) groups excluding carboxylic acids is 1. The number of anilines is 1. The minimum Gasteiger partial charge on any atom is -0.312 e. The fourth-order valence-electron chi connectivity index (χ4n) is 4.17. The van der Waals surface area contributed by atoms with E-state index in [0.29, 0.717) is 36.9 Å². The molecule has 2 heterocycles. The number of hydrogen-bond acceptors (Lipinski definition) is 3. The van der Waals surface area contributed by atoms with E-state index >= 15 is 0 Å². The Labute approximate surface area is 160 Å². The fourth-order valence-corrected chi connectivity index (χ4v) is 5.69. The van der Waals surface area contributed by atoms with Gasteiger partial charge in [-0.2, -0.15) is 4.31 Å². The van der Waals surface area contributed by atoms with Crippen molar-refractivity contribution >= 4 is 21.6 Å². The van der Waals surface area contributed by atoms with Gasteiger partial charge in [-0.1, -0.05) is 30.3 Å². The van der Waals surface area contributed by atoms with E-state index in [4.69, 9.17) is 0 Å². The van der Waals surface area contributed by atoms with E-state index in [1.165, 1.54) is 12.5 Å². The Morgan fingerprint density at radius 3 is 2.37 bits per heavy atom. The van der Waals surface area contributed by atoms with Crippen molar-refractivity contribution in [3.63, 3.8) is 0 Å². The lowest BCUT2D eigenvalue weighted by Gasteiger charge is -2.31. The standard InChI is InChI=1S/C21H24N2O3S/c1-16(24)23-14-11-19-15-20(7-8-21(19)23)27(25,26)22-12-9-18(10-13-22)17-5-3-2-4-6-17/h2-8,15,18H,9-14H2,1H3. The Balaban J connectivity index is 1.51. The summed E-state index contributed by atoms with van der Waals surface area (Å²) in [7, 11) is -3.50. The molecule has 0 spiro atoms. The van der Waals surface area contributed by atoms with E-state index < -0.39 is 10.0 Å². The summed E-state index contributed by atoms with van der Waals surface area (Å²) >= 11 is 0. The van der Waals surface area contributed by atoms with Crippen LogP contribution in [0.1, 0.15) is 36.8 Å². The molecule has 0 atom stereocenters. The smallest absolute Gasteiger partial charge is 0.243 e. The van der Waals surface area contributed by atoms with Crippen LogP contribution >= 0.6 is 0 Å². The van der Waals surface area contributed by atoms with E-state index in [1.54, 1.807) is 27.4 Å². The van der Waals surface area contributed by atoms with Crippen molar-refractivity contribution in [1.29, 1.82) is 0 Å². The Morgan fingerprint density at radius 2 is 1.70 bits per heavy atom. The van der Waals surface area contributed by atoms with Gasteiger partial charge in [0.15, 0.2) is 0 Å². The van der Waals surface area contributed by atoms with Gasteiger partial charge < -0.3 is 4.90 Å². The monoisotopic (exact) mass is 384 g/mol. The topological polar surface area (TPSA) is 57.7 Å². The number of sulfonamides is 1. The van der Waals surface area contributed by atoms with Crippen LogP contribution in [0.3, 0.4) is 0 Å². The van der Waals surface area contributed by atoms with Gasteiger partial charge in [0.25, 0.3) is 0 Å². The van der Waals surface area contributed by atoms with Crippen LogP contribution in [0.2, 0.25) is 0 Å². The van der Waals surface area contributed by atoms with E-state index in [9.17, 15) is 13.2 Å². The molecule has 0 unspecified atom stereocenters. The molecule has 2 aliphatic rings. The molecule has 27 heavy (non-hydrogen) atoms. The van der Waals surface area contributed by atoms with Crippen molar-refractivity contribution in [2.24, 2.45) is 0 Å². The predicted molar refractivity (Wildman–Crippen MR) is 105 cm³/mol. The molecule has 0 radical (unpaired) electrons. The highest BCUT2D eigenvalue weighted by Crippen LogP contribution is 2.34. The number of hydrogen-bond donors (Lipinski definition) is 0. The van der Waals surface area contributed by atoms with Crippen molar-refractivity contribution in [3.8, 4) is 0 Å². The SMILES string of the molecule is CC(=O)N1CCc2cc(S(=O)(=O)N3CCC(c4ccccc4)CC3)ccc21. The molecular formula is C21H24N2O3S. The van der Waals surface area contributed by atoms with Gasteiger partial charge >= 0.3 is 0 Å². The third-order valence-electron chi connectivity index (χ3n) is 5.69. The second-order valence-corrected chi connectivity index (χ2v) is 9.24. The number of fused-ring (bicyclic) bond motifs is 1. The lowest BCUT2D eigenvalue weighted by molar-refractivity contribution is -0.116. The maximum atomic E-state index is 13.1. The van der Waals surface area contributed by atoms with E-state index in [-0.39, 0.29) is 5.91 Å². The molecule has 6 heteroatoms. The van der Waals surface area contributed by atoms with Crippen LogP contribution in [0.15, 0.2) is 53.4 Å². The highest BCUT2D eigenvalue weighted by Gasteiger charge is 2.31. The second kappa shape index (κ2) is 7.09. The number of amides is 1. The van der Waals surface area contributed by atoms with Gasteiger partial charge in [0.1, 0.15) is 0 Å². The van der Waals surface area contributed by atoms with E-state index in [2.05, 4.69) is 12.1 Å². The number of nitrogens with zero attached hydrogens (tertiary/aromatic N) is 2. The normalized spacial score (nSPS) is 18.5. The average Bonchev–Trinajstić information content (AvgIpc) is 3.12. The number of carbonyl (C=O) groups is 1. The maximum absolute atomic E-state index is 13.1. The van der Waals surface area contributed by atoms with Gasteiger partial charge in [-0.15, -0.1) is 0 Å². The summed E-state index contributed by atoms with van der Waals surface area (Å²) in [6.07, 6.45) is 2.38. The lowest BCUT2D eigenvalue weighted by atomic mass is 9.90. The predicted octanol–water partition coefficient (Wildman–Crippen LogP) is 3.16. The average molecular weight is 385 g/mol. The quantitative estimate of drug-likeness (QED) is 0.817. The summed E-state index contributed by atoms with van der Waals surface area (Å²) in [5, 5.41) is 0. The van der Waals surface area contributed by atoms with Gasteiger partial charge in [-0.25, -0.2) is 8.42 Å². The molecule has 1 fully saturated rings. The Hall–Kier alpha value is -2.18. The van der Waals surface area contributed by atoms with Crippen molar-refractivity contribution in [2.45, 2.75) is 37.0 Å². The lowest BCUT2D eigenvalue weighted by Crippen LogP contribution is -2.37. The Kier molecular flexibility index (Phi) is 4.78.